The van der Waals surface area contributed by atoms with Crippen LogP contribution >= 0.6 is 0 Å². The Morgan fingerprint density at radius 1 is 1.42 bits per heavy atom. The molecule has 0 spiro atoms. The lowest BCUT2D eigenvalue weighted by molar-refractivity contribution is -0.274. The van der Waals surface area contributed by atoms with Crippen LogP contribution in [0.3, 0.4) is 0 Å². The monoisotopic (exact) mass is 338 g/mol. The number of alkyl halides is 3. The number of carbonyl (C=O) groups excluding carboxylic acids is 1. The van der Waals surface area contributed by atoms with Crippen molar-refractivity contribution in [3.63, 3.8) is 0 Å². The van der Waals surface area contributed by atoms with Gasteiger partial charge in [0.1, 0.15) is 12.3 Å². The van der Waals surface area contributed by atoms with E-state index >= 15 is 0 Å². The first-order chi connectivity index (χ1) is 11.2. The molecule has 1 amide bonds. The number of benzene rings is 1. The largest absolute Gasteiger partial charge is 0.573 e. The van der Waals surface area contributed by atoms with Gasteiger partial charge in [-0.05, 0) is 18.2 Å². The van der Waals surface area contributed by atoms with E-state index in [-0.39, 0.29) is 23.6 Å². The van der Waals surface area contributed by atoms with Gasteiger partial charge in [0.05, 0.1) is 17.8 Å². The third-order valence-electron chi connectivity index (χ3n) is 3.08. The number of nitrogens with zero attached hydrogens (tertiary/aromatic N) is 4. The van der Waals surface area contributed by atoms with Gasteiger partial charge in [-0.2, -0.15) is 10.4 Å². The summed E-state index contributed by atoms with van der Waals surface area (Å²) in [4.78, 5) is 13.0. The number of hydrogen-bond acceptors (Lipinski definition) is 4. The molecule has 6 nitrogen and oxygen atoms in total. The van der Waals surface area contributed by atoms with Crippen molar-refractivity contribution < 1.29 is 22.7 Å². The van der Waals surface area contributed by atoms with Gasteiger partial charge < -0.3 is 9.64 Å². The summed E-state index contributed by atoms with van der Waals surface area (Å²) in [5.41, 5.74) is 0.494. The van der Waals surface area contributed by atoms with E-state index < -0.39 is 12.1 Å². The second kappa shape index (κ2) is 6.62. The normalized spacial score (nSPS) is 11.0. The highest BCUT2D eigenvalue weighted by Crippen LogP contribution is 2.34. The molecule has 0 fully saturated rings. The van der Waals surface area contributed by atoms with Gasteiger partial charge >= 0.3 is 6.36 Å². The quantitative estimate of drug-likeness (QED) is 0.858. The number of carbonyl (C=O) groups is 1. The molecule has 1 heterocycles. The van der Waals surface area contributed by atoms with E-state index in [9.17, 15) is 18.0 Å². The molecule has 24 heavy (non-hydrogen) atoms. The molecule has 2 aromatic rings. The topological polar surface area (TPSA) is 71.2 Å². The van der Waals surface area contributed by atoms with E-state index in [0.717, 1.165) is 6.07 Å². The van der Waals surface area contributed by atoms with Crippen LogP contribution < -0.4 is 4.74 Å². The molecule has 0 radical (unpaired) electrons. The van der Waals surface area contributed by atoms with Crippen molar-refractivity contribution >= 4 is 5.91 Å². The summed E-state index contributed by atoms with van der Waals surface area (Å²) < 4.78 is 43.0. The van der Waals surface area contributed by atoms with Crippen LogP contribution in [0.2, 0.25) is 0 Å². The van der Waals surface area contributed by atoms with Gasteiger partial charge in [-0.15, -0.1) is 13.2 Å². The first-order valence-electron chi connectivity index (χ1n) is 6.72. The standard InChI is InChI=1S/C15H13F3N4O2/c1-21(2)14(23)9-22-8-11(7-20-22)12-4-3-10(6-19)5-13(12)24-15(16,17)18/h3-5,7-8H,9H2,1-2H3. The fourth-order valence-corrected chi connectivity index (χ4v) is 1.91. The number of aromatic nitrogens is 2. The van der Waals surface area contributed by atoms with Gasteiger partial charge in [-0.25, -0.2) is 0 Å². The highest BCUT2D eigenvalue weighted by molar-refractivity contribution is 5.76. The number of hydrogen-bond donors (Lipinski definition) is 0. The van der Waals surface area contributed by atoms with Crippen LogP contribution in [0.5, 0.6) is 5.75 Å². The zero-order valence-electron chi connectivity index (χ0n) is 12.8. The summed E-state index contributed by atoms with van der Waals surface area (Å²) in [6, 6.07) is 5.48. The van der Waals surface area contributed by atoms with Crippen molar-refractivity contribution in [1.29, 1.82) is 5.26 Å². The van der Waals surface area contributed by atoms with Crippen LogP contribution in [0.25, 0.3) is 11.1 Å². The first kappa shape index (κ1) is 17.3. The highest BCUT2D eigenvalue weighted by atomic mass is 19.4. The Balaban J connectivity index is 2.36. The Labute approximate surface area is 135 Å². The number of halogens is 3. The SMILES string of the molecule is CN(C)C(=O)Cn1cc(-c2ccc(C#N)cc2OC(F)(F)F)cn1. The molecule has 1 aromatic heterocycles. The Morgan fingerprint density at radius 3 is 2.71 bits per heavy atom. The minimum absolute atomic E-state index is 0.0353. The zero-order valence-corrected chi connectivity index (χ0v) is 12.8. The van der Waals surface area contributed by atoms with Crippen molar-refractivity contribution in [2.24, 2.45) is 0 Å². The molecular weight excluding hydrogens is 325 g/mol. The predicted molar refractivity (Wildman–Crippen MR) is 77.8 cm³/mol. The van der Waals surface area contributed by atoms with Crippen LogP contribution in [-0.2, 0) is 11.3 Å². The number of rotatable bonds is 4. The van der Waals surface area contributed by atoms with Crippen LogP contribution in [-0.4, -0.2) is 41.0 Å². The van der Waals surface area contributed by atoms with Gasteiger partial charge in [0.25, 0.3) is 0 Å². The molecule has 126 valence electrons. The van der Waals surface area contributed by atoms with E-state index in [1.807, 2.05) is 0 Å². The molecule has 0 saturated heterocycles. The number of nitriles is 1. The lowest BCUT2D eigenvalue weighted by Crippen LogP contribution is -2.26. The minimum atomic E-state index is -4.89. The van der Waals surface area contributed by atoms with E-state index in [0.29, 0.717) is 5.56 Å². The van der Waals surface area contributed by atoms with E-state index in [2.05, 4.69) is 9.84 Å². The maximum Gasteiger partial charge on any atom is 0.573 e. The van der Waals surface area contributed by atoms with Crippen molar-refractivity contribution in [3.8, 4) is 22.9 Å². The summed E-state index contributed by atoms with van der Waals surface area (Å²) in [7, 11) is 3.17. The van der Waals surface area contributed by atoms with Crippen molar-refractivity contribution in [2.45, 2.75) is 12.9 Å². The van der Waals surface area contributed by atoms with E-state index in [1.54, 1.807) is 20.2 Å². The molecule has 0 aliphatic carbocycles. The predicted octanol–water partition coefficient (Wildman–Crippen LogP) is 2.41. The molecule has 0 bridgehead atoms. The fourth-order valence-electron chi connectivity index (χ4n) is 1.91. The molecule has 0 N–H and O–H groups in total. The highest BCUT2D eigenvalue weighted by Gasteiger charge is 2.32. The average Bonchev–Trinajstić information content (AvgIpc) is 2.93. The maximum atomic E-state index is 12.6. The third-order valence-corrected chi connectivity index (χ3v) is 3.08. The van der Waals surface area contributed by atoms with Gasteiger partial charge in [0.2, 0.25) is 5.91 Å². The lowest BCUT2D eigenvalue weighted by atomic mass is 10.1. The summed E-state index contributed by atoms with van der Waals surface area (Å²) in [5, 5.41) is 12.8. The van der Waals surface area contributed by atoms with Gasteiger partial charge in [0.15, 0.2) is 0 Å². The Bertz CT molecular complexity index is 791. The third kappa shape index (κ3) is 4.25. The summed E-state index contributed by atoms with van der Waals surface area (Å²) in [6.07, 6.45) is -2.13. The molecule has 9 heteroatoms. The summed E-state index contributed by atoms with van der Waals surface area (Å²) >= 11 is 0. The molecule has 0 unspecified atom stereocenters. The van der Waals surface area contributed by atoms with Crippen molar-refractivity contribution in [1.82, 2.24) is 14.7 Å². The maximum absolute atomic E-state index is 12.6. The van der Waals surface area contributed by atoms with Crippen LogP contribution in [0, 0.1) is 11.3 Å². The Kier molecular flexibility index (Phi) is 4.78. The van der Waals surface area contributed by atoms with Crippen molar-refractivity contribution in [2.75, 3.05) is 14.1 Å². The molecule has 0 aliphatic heterocycles. The second-order valence-corrected chi connectivity index (χ2v) is 5.09. The smallest absolute Gasteiger partial charge is 0.405 e. The minimum Gasteiger partial charge on any atom is -0.405 e. The van der Waals surface area contributed by atoms with Gasteiger partial charge in [-0.3, -0.25) is 9.48 Å². The fraction of sp³-hybridized carbons (Fsp3) is 0.267. The molecule has 0 aliphatic rings. The van der Waals surface area contributed by atoms with Crippen molar-refractivity contribution in [3.05, 3.63) is 36.2 Å². The molecule has 2 rings (SSSR count). The number of amides is 1. The van der Waals surface area contributed by atoms with Crippen LogP contribution in [0.1, 0.15) is 5.56 Å². The Morgan fingerprint density at radius 2 is 2.12 bits per heavy atom. The molecular formula is C15H13F3N4O2. The van der Waals surface area contributed by atoms with Gasteiger partial charge in [-0.1, -0.05) is 0 Å². The van der Waals surface area contributed by atoms with Crippen LogP contribution in [0.15, 0.2) is 30.6 Å². The summed E-state index contributed by atoms with van der Waals surface area (Å²) in [5.74, 6) is -0.712. The van der Waals surface area contributed by atoms with Crippen LogP contribution in [0.4, 0.5) is 13.2 Å². The number of likely N-dealkylation sites (N-methyl/N-ethyl adjacent to an activating group) is 1. The molecule has 0 atom stereocenters. The van der Waals surface area contributed by atoms with E-state index in [4.69, 9.17) is 5.26 Å². The first-order valence-corrected chi connectivity index (χ1v) is 6.72. The number of ether oxygens (including phenoxy) is 1. The average molecular weight is 338 g/mol. The molecule has 0 saturated carbocycles. The lowest BCUT2D eigenvalue weighted by Gasteiger charge is -2.12. The van der Waals surface area contributed by atoms with Gasteiger partial charge in [0, 0.05) is 31.4 Å². The second-order valence-electron chi connectivity index (χ2n) is 5.09. The Hall–Kier alpha value is -3.02. The zero-order chi connectivity index (χ0) is 17.9. The summed E-state index contributed by atoms with van der Waals surface area (Å²) in [6.45, 7) is -0.0429. The van der Waals surface area contributed by atoms with E-state index in [1.165, 1.54) is 34.1 Å². The molecule has 1 aromatic carbocycles.